The lowest BCUT2D eigenvalue weighted by atomic mass is 10.1. The van der Waals surface area contributed by atoms with E-state index in [1.807, 2.05) is 0 Å². The molecule has 1 aromatic carbocycles. The van der Waals surface area contributed by atoms with Crippen molar-refractivity contribution in [3.63, 3.8) is 0 Å². The molecule has 0 aliphatic rings. The van der Waals surface area contributed by atoms with Gasteiger partial charge < -0.3 is 4.42 Å². The second-order valence-electron chi connectivity index (χ2n) is 4.93. The Bertz CT molecular complexity index is 1020. The average Bonchev–Trinajstić information content (AvgIpc) is 3.16. The van der Waals surface area contributed by atoms with Crippen molar-refractivity contribution < 1.29 is 13.2 Å². The third-order valence-electron chi connectivity index (χ3n) is 3.50. The molecule has 0 radical (unpaired) electrons. The second kappa shape index (κ2) is 5.39. The van der Waals surface area contributed by atoms with Crippen LogP contribution in [0.1, 0.15) is 0 Å². The van der Waals surface area contributed by atoms with Crippen molar-refractivity contribution in [3.05, 3.63) is 54.7 Å². The van der Waals surface area contributed by atoms with Gasteiger partial charge in [-0.15, -0.1) is 0 Å². The quantitative estimate of drug-likeness (QED) is 0.443. The van der Waals surface area contributed by atoms with Gasteiger partial charge in [0, 0.05) is 35.8 Å². The Kier molecular flexibility index (Phi) is 3.21. The first-order valence-electron chi connectivity index (χ1n) is 6.87. The lowest BCUT2D eigenvalue weighted by molar-refractivity contribution is 0.585. The molecule has 3 heterocycles. The molecular formula is C15H10F2N6O. The van der Waals surface area contributed by atoms with E-state index in [9.17, 15) is 8.78 Å². The third kappa shape index (κ3) is 2.18. The topological polar surface area (TPSA) is 94.3 Å². The number of rotatable bonds is 3. The van der Waals surface area contributed by atoms with Crippen molar-refractivity contribution in [2.75, 3.05) is 5.43 Å². The van der Waals surface area contributed by atoms with Gasteiger partial charge in [0.2, 0.25) is 5.95 Å². The van der Waals surface area contributed by atoms with Crippen LogP contribution in [0.15, 0.2) is 47.5 Å². The van der Waals surface area contributed by atoms with E-state index in [-0.39, 0.29) is 17.4 Å². The van der Waals surface area contributed by atoms with Crippen LogP contribution in [0.4, 0.5) is 14.7 Å². The highest BCUT2D eigenvalue weighted by atomic mass is 19.1. The maximum Gasteiger partial charge on any atom is 0.306 e. The molecule has 0 saturated carbocycles. The number of halogens is 2. The summed E-state index contributed by atoms with van der Waals surface area (Å²) in [6.45, 7) is 0. The summed E-state index contributed by atoms with van der Waals surface area (Å²) in [5, 5.41) is 0. The minimum atomic E-state index is -0.724. The van der Waals surface area contributed by atoms with Crippen LogP contribution in [0, 0.1) is 11.6 Å². The zero-order valence-corrected chi connectivity index (χ0v) is 12.1. The number of fused-ring (bicyclic) bond motifs is 1. The molecule has 0 aliphatic carbocycles. The smallest absolute Gasteiger partial charge is 0.306 e. The Labute approximate surface area is 133 Å². The minimum Gasteiger partial charge on any atom is -0.432 e. The van der Waals surface area contributed by atoms with E-state index in [1.165, 1.54) is 30.8 Å². The maximum atomic E-state index is 14.2. The highest BCUT2D eigenvalue weighted by Crippen LogP contribution is 2.34. The van der Waals surface area contributed by atoms with E-state index in [4.69, 9.17) is 10.3 Å². The Morgan fingerprint density at radius 1 is 1.17 bits per heavy atom. The fourth-order valence-electron chi connectivity index (χ4n) is 2.46. The summed E-state index contributed by atoms with van der Waals surface area (Å²) in [6.07, 6.45) is 6.12. The SMILES string of the molecule is NNc1ncc(-c2c(-c3ccc(F)cc3F)nc3occn23)cn1. The summed E-state index contributed by atoms with van der Waals surface area (Å²) in [4.78, 5) is 12.4. The fourth-order valence-corrected chi connectivity index (χ4v) is 2.46. The van der Waals surface area contributed by atoms with Gasteiger partial charge >= 0.3 is 5.84 Å². The number of nitrogens with zero attached hydrogens (tertiary/aromatic N) is 4. The second-order valence-corrected chi connectivity index (χ2v) is 4.93. The van der Waals surface area contributed by atoms with E-state index < -0.39 is 11.6 Å². The fraction of sp³-hybridized carbons (Fsp3) is 0. The Hall–Kier alpha value is -3.33. The van der Waals surface area contributed by atoms with Gasteiger partial charge in [-0.1, -0.05) is 0 Å². The number of hydrogen-bond acceptors (Lipinski definition) is 6. The van der Waals surface area contributed by atoms with Gasteiger partial charge in [-0.3, -0.25) is 9.83 Å². The molecule has 4 aromatic rings. The number of nitrogen functional groups attached to an aromatic ring is 1. The third-order valence-corrected chi connectivity index (χ3v) is 3.50. The number of nitrogens with two attached hydrogens (primary N) is 1. The van der Waals surface area contributed by atoms with Crippen LogP contribution in [0.25, 0.3) is 28.4 Å². The number of anilines is 1. The van der Waals surface area contributed by atoms with E-state index in [0.717, 1.165) is 6.07 Å². The van der Waals surface area contributed by atoms with Crippen LogP contribution in [-0.4, -0.2) is 19.4 Å². The standard InChI is InChI=1S/C15H10F2N6O/c16-9-1-2-10(11(17)5-9)12-13(23-3-4-24-15(23)21-12)8-6-19-14(22-18)20-7-8/h1-7H,18H2,(H,19,20,22). The highest BCUT2D eigenvalue weighted by Gasteiger charge is 2.21. The number of hydrogen-bond donors (Lipinski definition) is 2. The van der Waals surface area contributed by atoms with Crippen molar-refractivity contribution in [1.29, 1.82) is 0 Å². The minimum absolute atomic E-state index is 0.145. The van der Waals surface area contributed by atoms with Gasteiger partial charge in [0.25, 0.3) is 0 Å². The van der Waals surface area contributed by atoms with E-state index in [0.29, 0.717) is 17.0 Å². The van der Waals surface area contributed by atoms with Crippen LogP contribution in [0.5, 0.6) is 0 Å². The van der Waals surface area contributed by atoms with Crippen molar-refractivity contribution in [2.45, 2.75) is 0 Å². The summed E-state index contributed by atoms with van der Waals surface area (Å²) >= 11 is 0. The van der Waals surface area contributed by atoms with Crippen LogP contribution in [-0.2, 0) is 0 Å². The number of oxazole rings is 1. The molecule has 7 nitrogen and oxygen atoms in total. The summed E-state index contributed by atoms with van der Waals surface area (Å²) < 4.78 is 34.3. The first-order valence-corrected chi connectivity index (χ1v) is 6.87. The molecule has 0 saturated heterocycles. The van der Waals surface area contributed by atoms with Crippen molar-refractivity contribution in [1.82, 2.24) is 19.4 Å². The van der Waals surface area contributed by atoms with Crippen LogP contribution in [0.2, 0.25) is 0 Å². The Morgan fingerprint density at radius 2 is 1.96 bits per heavy atom. The van der Waals surface area contributed by atoms with Crippen molar-refractivity contribution >= 4 is 11.8 Å². The zero-order valence-electron chi connectivity index (χ0n) is 12.1. The molecular weight excluding hydrogens is 318 g/mol. The van der Waals surface area contributed by atoms with E-state index in [1.54, 1.807) is 10.6 Å². The summed E-state index contributed by atoms with van der Waals surface area (Å²) in [5.74, 6) is 4.37. The molecule has 0 bridgehead atoms. The van der Waals surface area contributed by atoms with Crippen LogP contribution < -0.4 is 11.3 Å². The molecule has 0 spiro atoms. The predicted octanol–water partition coefficient (Wildman–Crippen LogP) is 2.62. The molecule has 24 heavy (non-hydrogen) atoms. The molecule has 3 aromatic heterocycles. The summed E-state index contributed by atoms with van der Waals surface area (Å²) in [6, 6.07) is 3.30. The molecule has 4 rings (SSSR count). The summed E-state index contributed by atoms with van der Waals surface area (Å²) in [5.41, 5.74) is 3.86. The first kappa shape index (κ1) is 14.3. The largest absolute Gasteiger partial charge is 0.432 e. The molecule has 0 aliphatic heterocycles. The first-order chi connectivity index (χ1) is 11.7. The molecule has 0 amide bonds. The number of hydrazine groups is 1. The van der Waals surface area contributed by atoms with Crippen molar-refractivity contribution in [2.24, 2.45) is 5.84 Å². The van der Waals surface area contributed by atoms with Crippen molar-refractivity contribution in [3.8, 4) is 22.5 Å². The molecule has 0 unspecified atom stereocenters. The summed E-state index contributed by atoms with van der Waals surface area (Å²) in [7, 11) is 0. The Morgan fingerprint density at radius 3 is 2.67 bits per heavy atom. The maximum absolute atomic E-state index is 14.2. The van der Waals surface area contributed by atoms with Gasteiger partial charge in [-0.2, -0.15) is 4.98 Å². The predicted molar refractivity (Wildman–Crippen MR) is 81.6 cm³/mol. The van der Waals surface area contributed by atoms with Gasteiger partial charge in [-0.05, 0) is 12.1 Å². The number of nitrogens with one attached hydrogen (secondary N) is 1. The van der Waals surface area contributed by atoms with Crippen LogP contribution >= 0.6 is 0 Å². The molecule has 3 N–H and O–H groups in total. The average molecular weight is 328 g/mol. The molecule has 120 valence electrons. The highest BCUT2D eigenvalue weighted by molar-refractivity contribution is 5.80. The zero-order chi connectivity index (χ0) is 16.7. The number of imidazole rings is 1. The van der Waals surface area contributed by atoms with Gasteiger partial charge in [0.1, 0.15) is 23.6 Å². The van der Waals surface area contributed by atoms with E-state index >= 15 is 0 Å². The lowest BCUT2D eigenvalue weighted by Crippen LogP contribution is -2.10. The Balaban J connectivity index is 1.97. The van der Waals surface area contributed by atoms with Gasteiger partial charge in [-0.25, -0.2) is 24.6 Å². The molecule has 0 atom stereocenters. The van der Waals surface area contributed by atoms with Gasteiger partial charge in [0.15, 0.2) is 0 Å². The number of aromatic nitrogens is 4. The van der Waals surface area contributed by atoms with E-state index in [2.05, 4.69) is 20.4 Å². The lowest BCUT2D eigenvalue weighted by Gasteiger charge is -2.06. The monoisotopic (exact) mass is 328 g/mol. The number of benzene rings is 1. The molecule has 0 fully saturated rings. The van der Waals surface area contributed by atoms with Crippen LogP contribution in [0.3, 0.4) is 0 Å². The van der Waals surface area contributed by atoms with Gasteiger partial charge in [0.05, 0.1) is 5.69 Å². The normalized spacial score (nSPS) is 11.1. The molecule has 9 heteroatoms.